The standard InChI is InChI=1S/C22H20ClF4N3O/c1-3-5-19(16-6-4-7-18(20(16)24)22(25,26)27)29-21(31)17-12-28-30(13(17)2)15-10-8-14(23)9-11-15/h4,6-12,19H,3,5H2,1-2H3,(H,29,31)/t19-/m0/s1. The summed E-state index contributed by atoms with van der Waals surface area (Å²) in [4.78, 5) is 12.9. The average molecular weight is 454 g/mol. The van der Waals surface area contributed by atoms with Crippen LogP contribution < -0.4 is 5.32 Å². The van der Waals surface area contributed by atoms with Crippen molar-refractivity contribution < 1.29 is 22.4 Å². The van der Waals surface area contributed by atoms with Crippen molar-refractivity contribution in [1.29, 1.82) is 0 Å². The normalized spacial score (nSPS) is 12.6. The van der Waals surface area contributed by atoms with Gasteiger partial charge in [-0.3, -0.25) is 4.79 Å². The highest BCUT2D eigenvalue weighted by molar-refractivity contribution is 6.30. The Labute approximate surface area is 181 Å². The smallest absolute Gasteiger partial charge is 0.345 e. The summed E-state index contributed by atoms with van der Waals surface area (Å²) in [6.45, 7) is 3.49. The van der Waals surface area contributed by atoms with Crippen molar-refractivity contribution in [3.63, 3.8) is 0 Å². The molecule has 4 nitrogen and oxygen atoms in total. The van der Waals surface area contributed by atoms with Gasteiger partial charge in [0.15, 0.2) is 0 Å². The van der Waals surface area contributed by atoms with E-state index in [1.807, 2.05) is 0 Å². The fraction of sp³-hybridized carbons (Fsp3) is 0.273. The molecular weight excluding hydrogens is 434 g/mol. The van der Waals surface area contributed by atoms with Gasteiger partial charge in [-0.1, -0.05) is 37.1 Å². The van der Waals surface area contributed by atoms with Gasteiger partial charge in [-0.05, 0) is 43.7 Å². The van der Waals surface area contributed by atoms with Crippen LogP contribution in [-0.4, -0.2) is 15.7 Å². The minimum Gasteiger partial charge on any atom is -0.345 e. The number of hydrogen-bond acceptors (Lipinski definition) is 2. The highest BCUT2D eigenvalue weighted by Gasteiger charge is 2.36. The second kappa shape index (κ2) is 9.09. The molecule has 1 atom stereocenters. The van der Waals surface area contributed by atoms with Crippen molar-refractivity contribution in [3.8, 4) is 5.69 Å². The summed E-state index contributed by atoms with van der Waals surface area (Å²) in [5, 5.41) is 7.43. The van der Waals surface area contributed by atoms with Crippen LogP contribution in [0.3, 0.4) is 0 Å². The van der Waals surface area contributed by atoms with Gasteiger partial charge in [0.05, 0.1) is 34.7 Å². The monoisotopic (exact) mass is 453 g/mol. The molecule has 0 aliphatic carbocycles. The summed E-state index contributed by atoms with van der Waals surface area (Å²) in [5.74, 6) is -1.92. The second-order valence-electron chi connectivity index (χ2n) is 7.05. The van der Waals surface area contributed by atoms with Crippen molar-refractivity contribution in [2.75, 3.05) is 0 Å². The van der Waals surface area contributed by atoms with Crippen LogP contribution in [0, 0.1) is 12.7 Å². The number of amides is 1. The number of carbonyl (C=O) groups excluding carboxylic acids is 1. The highest BCUT2D eigenvalue weighted by Crippen LogP contribution is 2.35. The molecule has 0 unspecified atom stereocenters. The topological polar surface area (TPSA) is 46.9 Å². The molecule has 0 aliphatic heterocycles. The molecule has 1 aromatic heterocycles. The van der Waals surface area contributed by atoms with Gasteiger partial charge in [0.2, 0.25) is 0 Å². The third kappa shape index (κ3) is 4.90. The van der Waals surface area contributed by atoms with E-state index in [0.29, 0.717) is 28.9 Å². The van der Waals surface area contributed by atoms with E-state index in [2.05, 4.69) is 10.4 Å². The highest BCUT2D eigenvalue weighted by atomic mass is 35.5. The Morgan fingerprint density at radius 2 is 1.87 bits per heavy atom. The first-order chi connectivity index (χ1) is 14.6. The quantitative estimate of drug-likeness (QED) is 0.447. The van der Waals surface area contributed by atoms with Gasteiger partial charge in [-0.25, -0.2) is 9.07 Å². The van der Waals surface area contributed by atoms with Crippen molar-refractivity contribution in [2.45, 2.75) is 38.9 Å². The summed E-state index contributed by atoms with van der Waals surface area (Å²) >= 11 is 5.90. The molecule has 1 N–H and O–H groups in total. The number of rotatable bonds is 6. The Morgan fingerprint density at radius 3 is 2.48 bits per heavy atom. The number of carbonyl (C=O) groups is 1. The molecule has 2 aromatic carbocycles. The molecule has 3 rings (SSSR count). The van der Waals surface area contributed by atoms with Crippen LogP contribution in [0.2, 0.25) is 5.02 Å². The SMILES string of the molecule is CCC[C@H](NC(=O)c1cnn(-c2ccc(Cl)cc2)c1C)c1cccc(C(F)(F)F)c1F. The lowest BCUT2D eigenvalue weighted by Crippen LogP contribution is -2.30. The minimum absolute atomic E-state index is 0.201. The van der Waals surface area contributed by atoms with E-state index in [4.69, 9.17) is 11.6 Å². The molecule has 9 heteroatoms. The predicted molar refractivity (Wildman–Crippen MR) is 110 cm³/mol. The molecule has 0 bridgehead atoms. The predicted octanol–water partition coefficient (Wildman–Crippen LogP) is 6.26. The summed E-state index contributed by atoms with van der Waals surface area (Å²) in [6, 6.07) is 9.01. The zero-order valence-corrected chi connectivity index (χ0v) is 17.6. The van der Waals surface area contributed by atoms with Gasteiger partial charge >= 0.3 is 6.18 Å². The van der Waals surface area contributed by atoms with Crippen LogP contribution >= 0.6 is 11.6 Å². The van der Waals surface area contributed by atoms with E-state index >= 15 is 0 Å². The van der Waals surface area contributed by atoms with Crippen LogP contribution in [0.5, 0.6) is 0 Å². The Bertz CT molecular complexity index is 1080. The second-order valence-corrected chi connectivity index (χ2v) is 7.49. The molecule has 0 aliphatic rings. The molecule has 0 radical (unpaired) electrons. The number of hydrogen-bond donors (Lipinski definition) is 1. The summed E-state index contributed by atoms with van der Waals surface area (Å²) in [5.41, 5.74) is -0.0992. The Kier molecular flexibility index (Phi) is 6.69. The van der Waals surface area contributed by atoms with Crippen molar-refractivity contribution in [3.05, 3.63) is 81.9 Å². The lowest BCUT2D eigenvalue weighted by Gasteiger charge is -2.21. The maximum absolute atomic E-state index is 14.6. The van der Waals surface area contributed by atoms with Crippen LogP contribution in [0.25, 0.3) is 5.69 Å². The molecule has 0 saturated carbocycles. The van der Waals surface area contributed by atoms with Gasteiger partial charge in [0.25, 0.3) is 5.91 Å². The van der Waals surface area contributed by atoms with Gasteiger partial charge < -0.3 is 5.32 Å². The van der Waals surface area contributed by atoms with E-state index in [1.165, 1.54) is 12.3 Å². The van der Waals surface area contributed by atoms with Gasteiger partial charge in [-0.15, -0.1) is 0 Å². The number of halogens is 5. The Balaban J connectivity index is 1.90. The third-order valence-corrected chi connectivity index (χ3v) is 5.17. The van der Waals surface area contributed by atoms with E-state index < -0.39 is 29.5 Å². The average Bonchev–Trinajstić information content (AvgIpc) is 3.09. The molecule has 1 heterocycles. The zero-order chi connectivity index (χ0) is 22.8. The zero-order valence-electron chi connectivity index (χ0n) is 16.8. The van der Waals surface area contributed by atoms with Gasteiger partial charge in [0.1, 0.15) is 5.82 Å². The maximum Gasteiger partial charge on any atom is 0.419 e. The number of aromatic nitrogens is 2. The minimum atomic E-state index is -4.82. The fourth-order valence-corrected chi connectivity index (χ4v) is 3.47. The molecule has 3 aromatic rings. The van der Waals surface area contributed by atoms with Gasteiger partial charge in [0, 0.05) is 10.6 Å². The van der Waals surface area contributed by atoms with E-state index in [1.54, 1.807) is 42.8 Å². The van der Waals surface area contributed by atoms with E-state index in [9.17, 15) is 22.4 Å². The molecule has 0 fully saturated rings. The molecule has 164 valence electrons. The van der Waals surface area contributed by atoms with Crippen molar-refractivity contribution in [1.82, 2.24) is 15.1 Å². The van der Waals surface area contributed by atoms with E-state index in [0.717, 1.165) is 6.07 Å². The number of nitrogens with one attached hydrogen (secondary N) is 1. The first-order valence-electron chi connectivity index (χ1n) is 9.60. The first kappa shape index (κ1) is 22.8. The van der Waals surface area contributed by atoms with Crippen LogP contribution in [0.4, 0.5) is 17.6 Å². The number of alkyl halides is 3. The summed E-state index contributed by atoms with van der Waals surface area (Å²) in [6.07, 6.45) is -2.65. The Hall–Kier alpha value is -2.87. The molecule has 0 spiro atoms. The van der Waals surface area contributed by atoms with Gasteiger partial charge in [-0.2, -0.15) is 18.3 Å². The summed E-state index contributed by atoms with van der Waals surface area (Å²) < 4.78 is 55.5. The van der Waals surface area contributed by atoms with Crippen LogP contribution in [0.15, 0.2) is 48.7 Å². The molecule has 1 amide bonds. The third-order valence-electron chi connectivity index (χ3n) is 4.92. The van der Waals surface area contributed by atoms with E-state index in [-0.39, 0.29) is 17.5 Å². The molecule has 31 heavy (non-hydrogen) atoms. The largest absolute Gasteiger partial charge is 0.419 e. The van der Waals surface area contributed by atoms with Crippen molar-refractivity contribution >= 4 is 17.5 Å². The lowest BCUT2D eigenvalue weighted by atomic mass is 9.98. The fourth-order valence-electron chi connectivity index (χ4n) is 3.34. The van der Waals surface area contributed by atoms with Crippen molar-refractivity contribution in [2.24, 2.45) is 0 Å². The number of benzene rings is 2. The maximum atomic E-state index is 14.6. The molecule has 0 saturated heterocycles. The van der Waals surface area contributed by atoms with Crippen LogP contribution in [-0.2, 0) is 6.18 Å². The van der Waals surface area contributed by atoms with Crippen LogP contribution in [0.1, 0.15) is 53.0 Å². The Morgan fingerprint density at radius 1 is 1.19 bits per heavy atom. The lowest BCUT2D eigenvalue weighted by molar-refractivity contribution is -0.140. The first-order valence-corrected chi connectivity index (χ1v) is 9.98. The number of nitrogens with zero attached hydrogens (tertiary/aromatic N) is 2. The molecular formula is C22H20ClF4N3O. The summed E-state index contributed by atoms with van der Waals surface area (Å²) in [7, 11) is 0.